The van der Waals surface area contributed by atoms with Crippen molar-refractivity contribution in [3.8, 4) is 5.75 Å². The number of ether oxygens (including phenoxy) is 3. The number of benzene rings is 1. The van der Waals surface area contributed by atoms with Crippen LogP contribution in [0.1, 0.15) is 30.6 Å². The van der Waals surface area contributed by atoms with Crippen molar-refractivity contribution < 1.29 is 23.0 Å². The minimum absolute atomic E-state index is 0.161. The van der Waals surface area contributed by atoms with Gasteiger partial charge in [0.1, 0.15) is 29.9 Å². The first-order chi connectivity index (χ1) is 14.6. The molecule has 2 heterocycles. The number of pyridine rings is 1. The molecule has 0 fully saturated rings. The van der Waals surface area contributed by atoms with Crippen molar-refractivity contribution >= 4 is 28.7 Å². The molecule has 2 N–H and O–H groups in total. The standard InChI is InChI=1S/C21H25F2N3O3S/c1-4-9-30-26-17-6-5-16(22)18(19(17)23)20(28-3)15-12-25-21-14(15)10-13(11-24-21)29-8-7-27-2/h5-6,10-12,20,26H,4,7-9H2,1-3H3,(H,24,25). The van der Waals surface area contributed by atoms with Gasteiger partial charge in [-0.05, 0) is 24.6 Å². The van der Waals surface area contributed by atoms with Gasteiger partial charge in [-0.25, -0.2) is 13.8 Å². The van der Waals surface area contributed by atoms with Crippen molar-refractivity contribution in [3.05, 3.63) is 53.4 Å². The van der Waals surface area contributed by atoms with Crippen LogP contribution in [0.3, 0.4) is 0 Å². The van der Waals surface area contributed by atoms with Crippen LogP contribution >= 0.6 is 11.9 Å². The largest absolute Gasteiger partial charge is 0.490 e. The fourth-order valence-electron chi connectivity index (χ4n) is 3.06. The minimum Gasteiger partial charge on any atom is -0.490 e. The molecule has 1 atom stereocenters. The summed E-state index contributed by atoms with van der Waals surface area (Å²) in [6, 6.07) is 4.40. The quantitative estimate of drug-likeness (QED) is 0.322. The number of rotatable bonds is 11. The van der Waals surface area contributed by atoms with Crippen molar-refractivity contribution in [2.24, 2.45) is 0 Å². The van der Waals surface area contributed by atoms with E-state index in [2.05, 4.69) is 14.7 Å². The summed E-state index contributed by atoms with van der Waals surface area (Å²) in [5.74, 6) is -0.0251. The Morgan fingerprint density at radius 3 is 2.80 bits per heavy atom. The summed E-state index contributed by atoms with van der Waals surface area (Å²) in [5.41, 5.74) is 1.19. The van der Waals surface area contributed by atoms with Crippen molar-refractivity contribution in [1.29, 1.82) is 0 Å². The third-order valence-electron chi connectivity index (χ3n) is 4.49. The van der Waals surface area contributed by atoms with E-state index in [0.29, 0.717) is 35.6 Å². The first-order valence-electron chi connectivity index (χ1n) is 9.57. The maximum Gasteiger partial charge on any atom is 0.156 e. The predicted molar refractivity (Wildman–Crippen MR) is 115 cm³/mol. The summed E-state index contributed by atoms with van der Waals surface area (Å²) in [7, 11) is 3.01. The van der Waals surface area contributed by atoms with Gasteiger partial charge in [0.2, 0.25) is 0 Å². The van der Waals surface area contributed by atoms with E-state index in [4.69, 9.17) is 14.2 Å². The lowest BCUT2D eigenvalue weighted by molar-refractivity contribution is 0.130. The van der Waals surface area contributed by atoms with Gasteiger partial charge in [-0.3, -0.25) is 0 Å². The molecule has 3 aromatic rings. The maximum atomic E-state index is 15.2. The number of nitrogens with one attached hydrogen (secondary N) is 2. The normalized spacial score (nSPS) is 12.3. The lowest BCUT2D eigenvalue weighted by atomic mass is 9.99. The van der Waals surface area contributed by atoms with Crippen LogP contribution in [-0.4, -0.2) is 43.2 Å². The number of H-pyrrole nitrogens is 1. The lowest BCUT2D eigenvalue weighted by Gasteiger charge is -2.19. The number of aromatic amines is 1. The number of nitrogens with zero attached hydrogens (tertiary/aromatic N) is 1. The Morgan fingerprint density at radius 1 is 1.23 bits per heavy atom. The summed E-state index contributed by atoms with van der Waals surface area (Å²) >= 11 is 1.37. The second-order valence-corrected chi connectivity index (χ2v) is 7.44. The number of fused-ring (bicyclic) bond motifs is 1. The number of aromatic nitrogens is 2. The third kappa shape index (κ3) is 4.85. The monoisotopic (exact) mass is 437 g/mol. The SMILES string of the molecule is CCCSNc1ccc(F)c(C(OC)c2c[nH]c3ncc(OCCOC)cc23)c1F. The van der Waals surface area contributed by atoms with Gasteiger partial charge in [0, 0.05) is 37.1 Å². The highest BCUT2D eigenvalue weighted by atomic mass is 32.2. The Balaban J connectivity index is 1.98. The lowest BCUT2D eigenvalue weighted by Crippen LogP contribution is -2.10. The van der Waals surface area contributed by atoms with Gasteiger partial charge in [0.05, 0.1) is 24.1 Å². The highest BCUT2D eigenvalue weighted by Gasteiger charge is 2.27. The first kappa shape index (κ1) is 22.3. The van der Waals surface area contributed by atoms with Crippen molar-refractivity contribution in [2.45, 2.75) is 19.4 Å². The Hall–Kier alpha value is -2.36. The van der Waals surface area contributed by atoms with Crippen LogP contribution in [0.25, 0.3) is 11.0 Å². The zero-order valence-electron chi connectivity index (χ0n) is 17.1. The fraction of sp³-hybridized carbons (Fsp3) is 0.381. The summed E-state index contributed by atoms with van der Waals surface area (Å²) in [4.78, 5) is 7.35. The van der Waals surface area contributed by atoms with Crippen LogP contribution in [-0.2, 0) is 9.47 Å². The molecule has 6 nitrogen and oxygen atoms in total. The molecule has 1 aromatic carbocycles. The average Bonchev–Trinajstić information content (AvgIpc) is 3.16. The molecule has 0 saturated heterocycles. The molecule has 1 unspecified atom stereocenters. The van der Waals surface area contributed by atoms with Gasteiger partial charge >= 0.3 is 0 Å². The van der Waals surface area contributed by atoms with E-state index in [0.717, 1.165) is 12.2 Å². The number of halogens is 2. The molecule has 2 aromatic heterocycles. The Kier molecular flexibility index (Phi) is 7.89. The number of hydrogen-bond acceptors (Lipinski definition) is 6. The summed E-state index contributed by atoms with van der Waals surface area (Å²) < 4.78 is 49.0. The van der Waals surface area contributed by atoms with E-state index in [1.54, 1.807) is 25.6 Å². The molecule has 0 saturated carbocycles. The van der Waals surface area contributed by atoms with E-state index < -0.39 is 17.7 Å². The summed E-state index contributed by atoms with van der Waals surface area (Å²) in [6.45, 7) is 2.83. The zero-order chi connectivity index (χ0) is 21.5. The zero-order valence-corrected chi connectivity index (χ0v) is 17.9. The van der Waals surface area contributed by atoms with Crippen molar-refractivity contribution in [2.75, 3.05) is 37.9 Å². The Morgan fingerprint density at radius 2 is 2.07 bits per heavy atom. The van der Waals surface area contributed by atoms with Crippen molar-refractivity contribution in [1.82, 2.24) is 9.97 Å². The smallest absolute Gasteiger partial charge is 0.156 e. The highest BCUT2D eigenvalue weighted by molar-refractivity contribution is 8.00. The maximum absolute atomic E-state index is 15.2. The molecule has 0 amide bonds. The van der Waals surface area contributed by atoms with Crippen LogP contribution in [0, 0.1) is 11.6 Å². The molecule has 0 bridgehead atoms. The van der Waals surface area contributed by atoms with Gasteiger partial charge < -0.3 is 23.9 Å². The summed E-state index contributed by atoms with van der Waals surface area (Å²) in [6.07, 6.45) is 3.20. The van der Waals surface area contributed by atoms with Gasteiger partial charge in [-0.15, -0.1) is 0 Å². The third-order valence-corrected chi connectivity index (χ3v) is 5.47. The molecule has 0 aliphatic rings. The molecule has 162 valence electrons. The molecule has 30 heavy (non-hydrogen) atoms. The van der Waals surface area contributed by atoms with Crippen LogP contribution in [0.5, 0.6) is 5.75 Å². The van der Waals surface area contributed by atoms with Crippen LogP contribution in [0.2, 0.25) is 0 Å². The first-order valence-corrected chi connectivity index (χ1v) is 10.6. The molecule has 3 rings (SSSR count). The predicted octanol–water partition coefficient (Wildman–Crippen LogP) is 5.07. The number of hydrogen-bond donors (Lipinski definition) is 2. The van der Waals surface area contributed by atoms with E-state index in [1.807, 2.05) is 6.92 Å². The number of anilines is 1. The Labute approximate surface area is 178 Å². The van der Waals surface area contributed by atoms with E-state index >= 15 is 4.39 Å². The number of methoxy groups -OCH3 is 2. The molecule has 0 radical (unpaired) electrons. The van der Waals surface area contributed by atoms with Crippen LogP contribution in [0.4, 0.5) is 14.5 Å². The van der Waals surface area contributed by atoms with E-state index in [9.17, 15) is 4.39 Å². The average molecular weight is 438 g/mol. The molecular formula is C21H25F2N3O3S. The highest BCUT2D eigenvalue weighted by Crippen LogP contribution is 2.37. The van der Waals surface area contributed by atoms with Crippen LogP contribution < -0.4 is 9.46 Å². The van der Waals surface area contributed by atoms with Crippen LogP contribution in [0.15, 0.2) is 30.6 Å². The molecule has 0 spiro atoms. The van der Waals surface area contributed by atoms with Crippen molar-refractivity contribution in [3.63, 3.8) is 0 Å². The molecular weight excluding hydrogens is 412 g/mol. The topological polar surface area (TPSA) is 68.4 Å². The van der Waals surface area contributed by atoms with Gasteiger partial charge in [-0.1, -0.05) is 18.9 Å². The second kappa shape index (κ2) is 10.6. The molecule has 0 aliphatic carbocycles. The van der Waals surface area contributed by atoms with Gasteiger partial charge in [-0.2, -0.15) is 0 Å². The van der Waals surface area contributed by atoms with E-state index in [1.165, 1.54) is 31.2 Å². The Bertz CT molecular complexity index is 984. The van der Waals surface area contributed by atoms with Gasteiger partial charge in [0.25, 0.3) is 0 Å². The minimum atomic E-state index is -0.965. The van der Waals surface area contributed by atoms with E-state index in [-0.39, 0.29) is 11.3 Å². The summed E-state index contributed by atoms with van der Waals surface area (Å²) in [5, 5.41) is 0.661. The second-order valence-electron chi connectivity index (χ2n) is 6.54. The van der Waals surface area contributed by atoms with Gasteiger partial charge in [0.15, 0.2) is 5.82 Å². The molecule has 0 aliphatic heterocycles. The molecule has 9 heteroatoms. The fourth-order valence-corrected chi connectivity index (χ4v) is 3.68.